The maximum Gasteiger partial charge on any atom is 0.325 e. The molecule has 1 rings (SSSR count). The summed E-state index contributed by atoms with van der Waals surface area (Å²) in [6, 6.07) is 4.78. The van der Waals surface area contributed by atoms with Crippen LogP contribution in [0.2, 0.25) is 10.0 Å². The lowest BCUT2D eigenvalue weighted by atomic mass is 10.2. The zero-order valence-corrected chi connectivity index (χ0v) is 11.6. The molecule has 98 valence electrons. The normalized spacial score (nSPS) is 10.0. The van der Waals surface area contributed by atoms with Crippen molar-refractivity contribution in [3.63, 3.8) is 0 Å². The zero-order valence-electron chi connectivity index (χ0n) is 10.1. The van der Waals surface area contributed by atoms with E-state index >= 15 is 0 Å². The van der Waals surface area contributed by atoms with Crippen molar-refractivity contribution in [2.75, 3.05) is 20.2 Å². The van der Waals surface area contributed by atoms with Crippen LogP contribution < -0.4 is 0 Å². The highest BCUT2D eigenvalue weighted by atomic mass is 35.5. The van der Waals surface area contributed by atoms with Gasteiger partial charge >= 0.3 is 5.97 Å². The Labute approximate surface area is 115 Å². The van der Waals surface area contributed by atoms with Gasteiger partial charge in [-0.3, -0.25) is 9.59 Å². The molecule has 0 aliphatic rings. The molecule has 1 amide bonds. The van der Waals surface area contributed by atoms with Crippen molar-refractivity contribution in [3.05, 3.63) is 33.8 Å². The van der Waals surface area contributed by atoms with E-state index in [9.17, 15) is 9.59 Å². The average Bonchev–Trinajstić information content (AvgIpc) is 2.28. The van der Waals surface area contributed by atoms with Gasteiger partial charge in [-0.1, -0.05) is 29.3 Å². The maximum atomic E-state index is 12.1. The summed E-state index contributed by atoms with van der Waals surface area (Å²) in [5.74, 6) is -0.893. The van der Waals surface area contributed by atoms with Gasteiger partial charge in [-0.15, -0.1) is 0 Å². The topological polar surface area (TPSA) is 46.6 Å². The van der Waals surface area contributed by atoms with Crippen LogP contribution in [0.15, 0.2) is 18.2 Å². The van der Waals surface area contributed by atoms with Crippen LogP contribution in [0, 0.1) is 0 Å². The molecule has 0 atom stereocenters. The number of nitrogens with zero attached hydrogens (tertiary/aromatic N) is 1. The van der Waals surface area contributed by atoms with Crippen LogP contribution in [0.1, 0.15) is 17.3 Å². The molecule has 0 radical (unpaired) electrons. The minimum Gasteiger partial charge on any atom is -0.465 e. The largest absolute Gasteiger partial charge is 0.465 e. The first-order valence-corrected chi connectivity index (χ1v) is 6.08. The fourth-order valence-electron chi connectivity index (χ4n) is 1.37. The molecule has 0 heterocycles. The molecule has 18 heavy (non-hydrogen) atoms. The van der Waals surface area contributed by atoms with Crippen molar-refractivity contribution >= 4 is 35.1 Å². The molecule has 6 heteroatoms. The van der Waals surface area contributed by atoms with Gasteiger partial charge in [-0.25, -0.2) is 0 Å². The summed E-state index contributed by atoms with van der Waals surface area (Å²) in [4.78, 5) is 24.6. The molecule has 1 aromatic rings. The predicted molar refractivity (Wildman–Crippen MR) is 70.1 cm³/mol. The van der Waals surface area contributed by atoms with Crippen molar-refractivity contribution in [2.24, 2.45) is 0 Å². The van der Waals surface area contributed by atoms with Crippen molar-refractivity contribution in [1.29, 1.82) is 0 Å². The molecule has 0 unspecified atom stereocenters. The van der Waals surface area contributed by atoms with Gasteiger partial charge in [0.2, 0.25) is 0 Å². The first kappa shape index (κ1) is 14.8. The Morgan fingerprint density at radius 2 is 1.83 bits per heavy atom. The van der Waals surface area contributed by atoms with Crippen molar-refractivity contribution in [3.8, 4) is 0 Å². The lowest BCUT2D eigenvalue weighted by Gasteiger charge is -2.17. The molecule has 0 saturated carbocycles. The Hall–Kier alpha value is -1.26. The Balaban J connectivity index is 2.84. The molecule has 0 aromatic heterocycles. The van der Waals surface area contributed by atoms with Crippen LogP contribution in [0.4, 0.5) is 0 Å². The third kappa shape index (κ3) is 3.62. The number of carbonyl (C=O) groups is 2. The zero-order chi connectivity index (χ0) is 13.7. The van der Waals surface area contributed by atoms with Gasteiger partial charge in [0.15, 0.2) is 0 Å². The van der Waals surface area contributed by atoms with E-state index in [2.05, 4.69) is 0 Å². The van der Waals surface area contributed by atoms with Crippen LogP contribution >= 0.6 is 23.2 Å². The number of halogens is 2. The van der Waals surface area contributed by atoms with Gasteiger partial charge in [-0.05, 0) is 19.1 Å². The highest BCUT2D eigenvalue weighted by Gasteiger charge is 2.20. The third-order valence-electron chi connectivity index (χ3n) is 2.19. The second-order valence-electron chi connectivity index (χ2n) is 3.56. The smallest absolute Gasteiger partial charge is 0.325 e. The Bertz CT molecular complexity index is 442. The molecule has 0 N–H and O–H groups in total. The first-order valence-electron chi connectivity index (χ1n) is 5.32. The third-order valence-corrected chi connectivity index (χ3v) is 2.82. The lowest BCUT2D eigenvalue weighted by molar-refractivity contribution is -0.143. The first-order chi connectivity index (χ1) is 8.47. The Morgan fingerprint density at radius 3 is 2.33 bits per heavy atom. The van der Waals surface area contributed by atoms with Crippen LogP contribution in [0.3, 0.4) is 0 Å². The fourth-order valence-corrected chi connectivity index (χ4v) is 1.92. The van der Waals surface area contributed by atoms with Crippen molar-refractivity contribution < 1.29 is 14.3 Å². The summed E-state index contributed by atoms with van der Waals surface area (Å²) in [6.45, 7) is 1.83. The van der Waals surface area contributed by atoms with Crippen LogP contribution in [-0.4, -0.2) is 37.0 Å². The number of likely N-dealkylation sites (N-methyl/N-ethyl adjacent to an activating group) is 1. The van der Waals surface area contributed by atoms with Crippen molar-refractivity contribution in [1.82, 2.24) is 4.90 Å². The van der Waals surface area contributed by atoms with Gasteiger partial charge in [0.1, 0.15) is 6.54 Å². The molecule has 0 fully saturated rings. The van der Waals surface area contributed by atoms with Crippen LogP contribution in [-0.2, 0) is 9.53 Å². The molecule has 0 aliphatic heterocycles. The summed E-state index contributed by atoms with van der Waals surface area (Å²) >= 11 is 11.8. The van der Waals surface area contributed by atoms with Gasteiger partial charge in [-0.2, -0.15) is 0 Å². The molecule has 1 aromatic carbocycles. The predicted octanol–water partition coefficient (Wildman–Crippen LogP) is 2.63. The summed E-state index contributed by atoms with van der Waals surface area (Å²) in [5, 5.41) is 0.506. The summed E-state index contributed by atoms with van der Waals surface area (Å²) < 4.78 is 4.76. The number of rotatable bonds is 4. The summed E-state index contributed by atoms with van der Waals surface area (Å²) in [5.41, 5.74) is 0.188. The lowest BCUT2D eigenvalue weighted by Crippen LogP contribution is -2.33. The van der Waals surface area contributed by atoms with Crippen LogP contribution in [0.25, 0.3) is 0 Å². The number of amides is 1. The number of benzene rings is 1. The second-order valence-corrected chi connectivity index (χ2v) is 4.38. The molecule has 0 aliphatic carbocycles. The molecule has 4 nitrogen and oxygen atoms in total. The monoisotopic (exact) mass is 289 g/mol. The van der Waals surface area contributed by atoms with Gasteiger partial charge < -0.3 is 9.64 Å². The van der Waals surface area contributed by atoms with Crippen LogP contribution in [0.5, 0.6) is 0 Å². The standard InChI is InChI=1S/C12H13Cl2NO3/c1-3-18-10(16)7-15(2)12(17)11-8(13)5-4-6-9(11)14/h4-6H,3,7H2,1-2H3. The maximum absolute atomic E-state index is 12.1. The van der Waals surface area contributed by atoms with Gasteiger partial charge in [0.05, 0.1) is 22.2 Å². The minimum atomic E-state index is -0.475. The molecular weight excluding hydrogens is 277 g/mol. The Kier molecular flexibility index (Phi) is 5.44. The second kappa shape index (κ2) is 6.61. The number of hydrogen-bond acceptors (Lipinski definition) is 3. The van der Waals surface area contributed by atoms with E-state index in [-0.39, 0.29) is 28.8 Å². The van der Waals surface area contributed by atoms with E-state index < -0.39 is 11.9 Å². The summed E-state index contributed by atoms with van der Waals surface area (Å²) in [7, 11) is 1.49. The number of carbonyl (C=O) groups excluding carboxylic acids is 2. The van der Waals surface area contributed by atoms with E-state index in [0.717, 1.165) is 0 Å². The minimum absolute atomic E-state index is 0.145. The number of ether oxygens (including phenoxy) is 1. The SMILES string of the molecule is CCOC(=O)CN(C)C(=O)c1c(Cl)cccc1Cl. The molecule has 0 saturated heterocycles. The molecular formula is C12H13Cl2NO3. The molecule has 0 spiro atoms. The molecule has 0 bridgehead atoms. The number of hydrogen-bond donors (Lipinski definition) is 0. The summed E-state index contributed by atoms with van der Waals surface area (Å²) in [6.07, 6.45) is 0. The highest BCUT2D eigenvalue weighted by Crippen LogP contribution is 2.25. The van der Waals surface area contributed by atoms with Gasteiger partial charge in [0, 0.05) is 7.05 Å². The number of esters is 1. The Morgan fingerprint density at radius 1 is 1.28 bits per heavy atom. The van der Waals surface area contributed by atoms with Crippen molar-refractivity contribution in [2.45, 2.75) is 6.92 Å². The fraction of sp³-hybridized carbons (Fsp3) is 0.333. The quantitative estimate of drug-likeness (QED) is 0.801. The van der Waals surface area contributed by atoms with E-state index in [1.165, 1.54) is 11.9 Å². The van der Waals surface area contributed by atoms with E-state index in [1.807, 2.05) is 0 Å². The average molecular weight is 290 g/mol. The van der Waals surface area contributed by atoms with Gasteiger partial charge in [0.25, 0.3) is 5.91 Å². The van der Waals surface area contributed by atoms with E-state index in [4.69, 9.17) is 27.9 Å². The van der Waals surface area contributed by atoms with E-state index in [1.54, 1.807) is 25.1 Å². The highest BCUT2D eigenvalue weighted by molar-refractivity contribution is 6.39. The van der Waals surface area contributed by atoms with E-state index in [0.29, 0.717) is 0 Å².